The molecule has 0 saturated carbocycles. The molecule has 18 heavy (non-hydrogen) atoms. The fraction of sp³-hybridized carbons (Fsp3) is 0.0833. The van der Waals surface area contributed by atoms with E-state index in [1.807, 2.05) is 12.1 Å². The van der Waals surface area contributed by atoms with Crippen molar-refractivity contribution in [2.45, 2.75) is 11.3 Å². The molecule has 0 amide bonds. The van der Waals surface area contributed by atoms with E-state index in [-0.39, 0.29) is 10.6 Å². The van der Waals surface area contributed by atoms with Crippen LogP contribution in [0.4, 0.5) is 5.69 Å². The summed E-state index contributed by atoms with van der Waals surface area (Å²) in [5.74, 6) is 0. The van der Waals surface area contributed by atoms with Gasteiger partial charge in [0.25, 0.3) is 0 Å². The number of para-hydroxylation sites is 1. The first-order valence-electron chi connectivity index (χ1n) is 5.27. The maximum atomic E-state index is 11.3. The topological polar surface area (TPSA) is 99.1 Å². The lowest BCUT2D eigenvalue weighted by Gasteiger charge is -2.09. The number of nitrogen functional groups attached to an aromatic ring is 1. The zero-order valence-corrected chi connectivity index (χ0v) is 10.4. The molecule has 6 heteroatoms. The van der Waals surface area contributed by atoms with Gasteiger partial charge in [-0.25, -0.2) is 13.6 Å². The molecule has 0 spiro atoms. The second-order valence-corrected chi connectivity index (χ2v) is 5.44. The van der Waals surface area contributed by atoms with Crippen molar-refractivity contribution in [3.8, 4) is 0 Å². The molecule has 4 N–H and O–H groups in total. The highest BCUT2D eigenvalue weighted by atomic mass is 32.2. The van der Waals surface area contributed by atoms with Gasteiger partial charge in [-0.3, -0.25) is 4.98 Å². The summed E-state index contributed by atoms with van der Waals surface area (Å²) in [4.78, 5) is 3.89. The third-order valence-corrected chi connectivity index (χ3v) is 3.58. The molecule has 0 aliphatic rings. The Morgan fingerprint density at radius 2 is 1.78 bits per heavy atom. The zero-order valence-electron chi connectivity index (χ0n) is 9.58. The predicted molar refractivity (Wildman–Crippen MR) is 69.3 cm³/mol. The van der Waals surface area contributed by atoms with E-state index in [9.17, 15) is 8.42 Å². The summed E-state index contributed by atoms with van der Waals surface area (Å²) in [5.41, 5.74) is 7.78. The number of anilines is 1. The Kier molecular flexibility index (Phi) is 3.31. The molecule has 5 nitrogen and oxygen atoms in total. The molecular weight excluding hydrogens is 250 g/mol. The number of aromatic nitrogens is 1. The van der Waals surface area contributed by atoms with Crippen molar-refractivity contribution in [2.75, 3.05) is 5.73 Å². The van der Waals surface area contributed by atoms with Gasteiger partial charge in [0.15, 0.2) is 0 Å². The van der Waals surface area contributed by atoms with Gasteiger partial charge in [-0.1, -0.05) is 12.1 Å². The van der Waals surface area contributed by atoms with Gasteiger partial charge in [-0.05, 0) is 35.7 Å². The quantitative estimate of drug-likeness (QED) is 0.804. The standard InChI is InChI=1S/C12H13N3O2S/c13-12-10(8-9-4-6-15-7-5-9)2-1-3-11(12)18(14,16)17/h1-7H,8,13H2,(H2,14,16,17). The SMILES string of the molecule is Nc1c(Cc2ccncc2)cccc1S(N)(=O)=O. The molecule has 94 valence electrons. The lowest BCUT2D eigenvalue weighted by Crippen LogP contribution is -2.15. The van der Waals surface area contributed by atoms with E-state index in [4.69, 9.17) is 10.9 Å². The Hall–Kier alpha value is -1.92. The lowest BCUT2D eigenvalue weighted by molar-refractivity contribution is 0.598. The zero-order chi connectivity index (χ0) is 13.2. The van der Waals surface area contributed by atoms with E-state index in [0.717, 1.165) is 11.1 Å². The average molecular weight is 263 g/mol. The number of benzene rings is 1. The number of nitrogens with two attached hydrogens (primary N) is 2. The summed E-state index contributed by atoms with van der Waals surface area (Å²) in [6, 6.07) is 8.52. The highest BCUT2D eigenvalue weighted by molar-refractivity contribution is 7.89. The number of hydrogen-bond acceptors (Lipinski definition) is 4. The minimum atomic E-state index is -3.79. The molecule has 0 bridgehead atoms. The van der Waals surface area contributed by atoms with E-state index >= 15 is 0 Å². The highest BCUT2D eigenvalue weighted by Gasteiger charge is 2.14. The first-order valence-corrected chi connectivity index (χ1v) is 6.82. The van der Waals surface area contributed by atoms with E-state index in [1.165, 1.54) is 6.07 Å². The van der Waals surface area contributed by atoms with Crippen LogP contribution in [0.3, 0.4) is 0 Å². The van der Waals surface area contributed by atoms with Gasteiger partial charge in [-0.15, -0.1) is 0 Å². The summed E-state index contributed by atoms with van der Waals surface area (Å²) in [7, 11) is -3.79. The second kappa shape index (κ2) is 4.75. The van der Waals surface area contributed by atoms with Gasteiger partial charge in [0.05, 0.1) is 5.69 Å². The molecule has 0 aliphatic heterocycles. The summed E-state index contributed by atoms with van der Waals surface area (Å²) in [5, 5.41) is 5.10. The number of primary sulfonamides is 1. The van der Waals surface area contributed by atoms with Crippen molar-refractivity contribution in [3.63, 3.8) is 0 Å². The number of sulfonamides is 1. The minimum absolute atomic E-state index is 0.0333. The van der Waals surface area contributed by atoms with Gasteiger partial charge >= 0.3 is 0 Å². The molecule has 0 saturated heterocycles. The molecule has 0 atom stereocenters. The molecular formula is C12H13N3O2S. The molecule has 1 heterocycles. The Labute approximate surface area is 106 Å². The Balaban J connectivity index is 2.42. The summed E-state index contributed by atoms with van der Waals surface area (Å²) >= 11 is 0. The molecule has 2 rings (SSSR count). The number of nitrogens with zero attached hydrogens (tertiary/aromatic N) is 1. The Morgan fingerprint density at radius 1 is 1.11 bits per heavy atom. The average Bonchev–Trinajstić information content (AvgIpc) is 2.32. The summed E-state index contributed by atoms with van der Waals surface area (Å²) < 4.78 is 22.7. The fourth-order valence-corrected chi connectivity index (χ4v) is 2.42. The van der Waals surface area contributed by atoms with Crippen molar-refractivity contribution >= 4 is 15.7 Å². The second-order valence-electron chi connectivity index (χ2n) is 3.91. The minimum Gasteiger partial charge on any atom is -0.397 e. The number of rotatable bonds is 3. The summed E-state index contributed by atoms with van der Waals surface area (Å²) in [6.45, 7) is 0. The van der Waals surface area contributed by atoms with Crippen LogP contribution >= 0.6 is 0 Å². The van der Waals surface area contributed by atoms with Crippen molar-refractivity contribution in [2.24, 2.45) is 5.14 Å². The third kappa shape index (κ3) is 2.66. The van der Waals surface area contributed by atoms with Crippen molar-refractivity contribution < 1.29 is 8.42 Å². The van der Waals surface area contributed by atoms with Gasteiger partial charge in [0, 0.05) is 12.4 Å². The largest absolute Gasteiger partial charge is 0.397 e. The molecule has 0 unspecified atom stereocenters. The third-order valence-electron chi connectivity index (χ3n) is 2.61. The van der Waals surface area contributed by atoms with Gasteiger partial charge in [0.1, 0.15) is 4.90 Å². The smallest absolute Gasteiger partial charge is 0.240 e. The van der Waals surface area contributed by atoms with E-state index < -0.39 is 10.0 Å². The normalized spacial score (nSPS) is 11.4. The van der Waals surface area contributed by atoms with E-state index in [2.05, 4.69) is 4.98 Å². The Bertz CT molecular complexity index is 654. The van der Waals surface area contributed by atoms with Crippen molar-refractivity contribution in [3.05, 3.63) is 53.9 Å². The van der Waals surface area contributed by atoms with Crippen LogP contribution in [0.1, 0.15) is 11.1 Å². The molecule has 2 aromatic rings. The monoisotopic (exact) mass is 263 g/mol. The molecule has 1 aromatic carbocycles. The van der Waals surface area contributed by atoms with Crippen LogP contribution in [0, 0.1) is 0 Å². The predicted octanol–water partition coefficient (Wildman–Crippen LogP) is 0.902. The van der Waals surface area contributed by atoms with Crippen LogP contribution in [-0.4, -0.2) is 13.4 Å². The first-order chi connectivity index (χ1) is 8.48. The highest BCUT2D eigenvalue weighted by Crippen LogP contribution is 2.23. The number of pyridine rings is 1. The van der Waals surface area contributed by atoms with Crippen LogP contribution in [0.15, 0.2) is 47.6 Å². The molecule has 0 aliphatic carbocycles. The maximum Gasteiger partial charge on any atom is 0.240 e. The van der Waals surface area contributed by atoms with E-state index in [0.29, 0.717) is 6.42 Å². The fourth-order valence-electron chi connectivity index (χ4n) is 1.71. The molecule has 0 radical (unpaired) electrons. The van der Waals surface area contributed by atoms with Crippen molar-refractivity contribution in [1.82, 2.24) is 4.98 Å². The maximum absolute atomic E-state index is 11.3. The van der Waals surface area contributed by atoms with Crippen LogP contribution in [0.5, 0.6) is 0 Å². The van der Waals surface area contributed by atoms with Crippen molar-refractivity contribution in [1.29, 1.82) is 0 Å². The van der Waals surface area contributed by atoms with Gasteiger partial charge in [-0.2, -0.15) is 0 Å². The van der Waals surface area contributed by atoms with Gasteiger partial charge < -0.3 is 5.73 Å². The van der Waals surface area contributed by atoms with Gasteiger partial charge in [0.2, 0.25) is 10.0 Å². The number of hydrogen-bond donors (Lipinski definition) is 2. The van der Waals surface area contributed by atoms with Crippen LogP contribution in [-0.2, 0) is 16.4 Å². The Morgan fingerprint density at radius 3 is 2.39 bits per heavy atom. The van der Waals surface area contributed by atoms with Crippen LogP contribution in [0.25, 0.3) is 0 Å². The van der Waals surface area contributed by atoms with Crippen LogP contribution in [0.2, 0.25) is 0 Å². The van der Waals surface area contributed by atoms with Crippen LogP contribution < -0.4 is 10.9 Å². The molecule has 1 aromatic heterocycles. The summed E-state index contributed by atoms with van der Waals surface area (Å²) in [6.07, 6.45) is 3.89. The lowest BCUT2D eigenvalue weighted by atomic mass is 10.0. The van der Waals surface area contributed by atoms with E-state index in [1.54, 1.807) is 24.5 Å². The molecule has 0 fully saturated rings. The first kappa shape index (κ1) is 12.5.